The molecule has 0 fully saturated rings. The second kappa shape index (κ2) is 5.20. The fourth-order valence-electron chi connectivity index (χ4n) is 2.11. The number of carbonyl (C=O) groups excluding carboxylic acids is 1. The van der Waals surface area contributed by atoms with Gasteiger partial charge < -0.3 is 4.57 Å². The molecule has 108 valence electrons. The minimum absolute atomic E-state index is 0.157. The van der Waals surface area contributed by atoms with E-state index in [1.54, 1.807) is 19.1 Å². The van der Waals surface area contributed by atoms with E-state index in [1.165, 1.54) is 22.2 Å². The smallest absolute Gasteiger partial charge is 0.195 e. The Morgan fingerprint density at radius 1 is 1.33 bits per heavy atom. The summed E-state index contributed by atoms with van der Waals surface area (Å²) in [4.78, 5) is 16.9. The van der Waals surface area contributed by atoms with E-state index in [4.69, 9.17) is 11.6 Å². The number of hydrogen-bond acceptors (Lipinski definition) is 3. The highest BCUT2D eigenvalue weighted by Gasteiger charge is 2.21. The van der Waals surface area contributed by atoms with Crippen molar-refractivity contribution in [2.24, 2.45) is 0 Å². The van der Waals surface area contributed by atoms with E-state index >= 15 is 0 Å². The van der Waals surface area contributed by atoms with E-state index in [0.717, 1.165) is 12.1 Å². The zero-order valence-electron chi connectivity index (χ0n) is 10.8. The van der Waals surface area contributed by atoms with Gasteiger partial charge in [0.15, 0.2) is 17.4 Å². The Morgan fingerprint density at radius 3 is 2.71 bits per heavy atom. The molecule has 0 saturated carbocycles. The van der Waals surface area contributed by atoms with Crippen LogP contribution in [0.25, 0.3) is 11.0 Å². The third kappa shape index (κ3) is 2.45. The highest BCUT2D eigenvalue weighted by atomic mass is 35.5. The van der Waals surface area contributed by atoms with E-state index in [2.05, 4.69) is 4.98 Å². The highest BCUT2D eigenvalue weighted by Crippen LogP contribution is 2.27. The first-order valence-corrected chi connectivity index (χ1v) is 7.28. The molecule has 1 atom stereocenters. The Labute approximate surface area is 127 Å². The van der Waals surface area contributed by atoms with Gasteiger partial charge in [0, 0.05) is 12.1 Å². The molecule has 2 heterocycles. The van der Waals surface area contributed by atoms with Crippen molar-refractivity contribution in [3.8, 4) is 0 Å². The van der Waals surface area contributed by atoms with E-state index in [1.807, 2.05) is 0 Å². The molecule has 0 amide bonds. The van der Waals surface area contributed by atoms with Crippen LogP contribution in [0.3, 0.4) is 0 Å². The van der Waals surface area contributed by atoms with Crippen LogP contribution in [0.5, 0.6) is 0 Å². The number of ketones is 1. The molecule has 2 aromatic heterocycles. The molecule has 0 aliphatic carbocycles. The number of imidazole rings is 1. The van der Waals surface area contributed by atoms with E-state index < -0.39 is 17.7 Å². The Hall–Kier alpha value is -1.79. The van der Waals surface area contributed by atoms with Gasteiger partial charge in [0.1, 0.15) is 0 Å². The largest absolute Gasteiger partial charge is 0.320 e. The third-order valence-electron chi connectivity index (χ3n) is 3.23. The Balaban J connectivity index is 2.03. The average molecular weight is 327 g/mol. The van der Waals surface area contributed by atoms with Crippen molar-refractivity contribution in [1.29, 1.82) is 0 Å². The molecule has 0 aliphatic heterocycles. The molecule has 0 radical (unpaired) electrons. The SMILES string of the molecule is CC(C(=O)c1ccc(Cl)s1)n1cnc2cc(F)c(F)cc21. The number of nitrogens with zero attached hydrogens (tertiary/aromatic N) is 2. The standard InChI is InChI=1S/C14H9ClF2N2OS/c1-7(14(20)12-2-3-13(15)21-12)19-6-18-10-4-8(16)9(17)5-11(10)19/h2-7H,1H3. The number of halogens is 3. The van der Waals surface area contributed by atoms with Gasteiger partial charge in [-0.05, 0) is 19.1 Å². The second-order valence-corrected chi connectivity index (χ2v) is 6.27. The number of aromatic nitrogens is 2. The Bertz CT molecular complexity index is 843. The van der Waals surface area contributed by atoms with Gasteiger partial charge in [-0.25, -0.2) is 13.8 Å². The number of thiophene rings is 1. The van der Waals surface area contributed by atoms with E-state index in [9.17, 15) is 13.6 Å². The summed E-state index contributed by atoms with van der Waals surface area (Å²) in [5, 5.41) is 0. The number of carbonyl (C=O) groups is 1. The lowest BCUT2D eigenvalue weighted by Crippen LogP contribution is -2.15. The Kier molecular flexibility index (Phi) is 3.51. The molecule has 3 nitrogen and oxygen atoms in total. The number of fused-ring (bicyclic) bond motifs is 1. The van der Waals surface area contributed by atoms with Crippen LogP contribution in [0.15, 0.2) is 30.6 Å². The third-order valence-corrected chi connectivity index (χ3v) is 4.48. The van der Waals surface area contributed by atoms with Gasteiger partial charge in [-0.1, -0.05) is 11.6 Å². The maximum absolute atomic E-state index is 13.4. The molecular weight excluding hydrogens is 318 g/mol. The summed E-state index contributed by atoms with van der Waals surface area (Å²) in [6, 6.07) is 4.76. The number of hydrogen-bond donors (Lipinski definition) is 0. The van der Waals surface area contributed by atoms with Crippen molar-refractivity contribution < 1.29 is 13.6 Å². The summed E-state index contributed by atoms with van der Waals surface area (Å²) in [6.45, 7) is 1.68. The molecular formula is C14H9ClF2N2OS. The van der Waals surface area contributed by atoms with Gasteiger partial charge >= 0.3 is 0 Å². The fraction of sp³-hybridized carbons (Fsp3) is 0.143. The summed E-state index contributed by atoms with van der Waals surface area (Å²) in [7, 11) is 0. The fourth-order valence-corrected chi connectivity index (χ4v) is 3.18. The summed E-state index contributed by atoms with van der Waals surface area (Å²) in [5.41, 5.74) is 0.676. The van der Waals surface area contributed by atoms with Crippen LogP contribution < -0.4 is 0 Å². The van der Waals surface area contributed by atoms with Gasteiger partial charge in [-0.3, -0.25) is 4.79 Å². The van der Waals surface area contributed by atoms with Crippen LogP contribution in [0, 0.1) is 11.6 Å². The predicted octanol–water partition coefficient (Wildman–Crippen LogP) is 4.47. The summed E-state index contributed by atoms with van der Waals surface area (Å²) < 4.78 is 28.6. The molecule has 1 aromatic carbocycles. The molecule has 0 bridgehead atoms. The molecule has 3 rings (SSSR count). The Morgan fingerprint density at radius 2 is 2.05 bits per heavy atom. The van der Waals surface area contributed by atoms with Gasteiger partial charge in [0.05, 0.1) is 32.6 Å². The zero-order chi connectivity index (χ0) is 15.1. The predicted molar refractivity (Wildman–Crippen MR) is 78.0 cm³/mol. The summed E-state index contributed by atoms with van der Waals surface area (Å²) >= 11 is 7.00. The van der Waals surface area contributed by atoms with Crippen molar-refractivity contribution in [3.05, 3.63) is 51.4 Å². The maximum Gasteiger partial charge on any atom is 0.195 e. The van der Waals surface area contributed by atoms with Crippen LogP contribution >= 0.6 is 22.9 Å². The number of rotatable bonds is 3. The van der Waals surface area contributed by atoms with Crippen molar-refractivity contribution >= 4 is 39.8 Å². The van der Waals surface area contributed by atoms with Crippen molar-refractivity contribution in [2.75, 3.05) is 0 Å². The van der Waals surface area contributed by atoms with Crippen molar-refractivity contribution in [2.45, 2.75) is 13.0 Å². The van der Waals surface area contributed by atoms with E-state index in [0.29, 0.717) is 20.2 Å². The summed E-state index contributed by atoms with van der Waals surface area (Å²) in [5.74, 6) is -2.09. The van der Waals surface area contributed by atoms with Crippen molar-refractivity contribution in [1.82, 2.24) is 9.55 Å². The van der Waals surface area contributed by atoms with Gasteiger partial charge in [0.2, 0.25) is 0 Å². The van der Waals surface area contributed by atoms with E-state index in [-0.39, 0.29) is 5.78 Å². The summed E-state index contributed by atoms with van der Waals surface area (Å²) in [6.07, 6.45) is 1.40. The normalized spacial score (nSPS) is 12.8. The lowest BCUT2D eigenvalue weighted by molar-refractivity contribution is 0.0941. The van der Waals surface area contributed by atoms with Crippen LogP contribution in [0.1, 0.15) is 22.6 Å². The number of benzene rings is 1. The molecule has 0 spiro atoms. The zero-order valence-corrected chi connectivity index (χ0v) is 12.4. The lowest BCUT2D eigenvalue weighted by atomic mass is 10.1. The first-order chi connectivity index (χ1) is 9.97. The van der Waals surface area contributed by atoms with Crippen LogP contribution in [-0.2, 0) is 0 Å². The molecule has 7 heteroatoms. The van der Waals surface area contributed by atoms with Gasteiger partial charge in [-0.15, -0.1) is 11.3 Å². The first kappa shape index (κ1) is 14.2. The first-order valence-electron chi connectivity index (χ1n) is 6.08. The van der Waals surface area contributed by atoms with Crippen LogP contribution in [-0.4, -0.2) is 15.3 Å². The second-order valence-electron chi connectivity index (χ2n) is 4.55. The van der Waals surface area contributed by atoms with Gasteiger partial charge in [-0.2, -0.15) is 0 Å². The van der Waals surface area contributed by atoms with Gasteiger partial charge in [0.25, 0.3) is 0 Å². The number of Topliss-reactive ketones (excluding diaryl/α,β-unsaturated/α-hetero) is 1. The molecule has 0 aliphatic rings. The van der Waals surface area contributed by atoms with Crippen LogP contribution in [0.2, 0.25) is 4.34 Å². The molecule has 21 heavy (non-hydrogen) atoms. The van der Waals surface area contributed by atoms with Crippen molar-refractivity contribution in [3.63, 3.8) is 0 Å². The minimum atomic E-state index is -0.969. The molecule has 1 unspecified atom stereocenters. The molecule has 3 aromatic rings. The maximum atomic E-state index is 13.4. The molecule has 0 saturated heterocycles. The highest BCUT2D eigenvalue weighted by molar-refractivity contribution is 7.18. The molecule has 0 N–H and O–H groups in total. The van der Waals surface area contributed by atoms with Crippen LogP contribution in [0.4, 0.5) is 8.78 Å². The monoisotopic (exact) mass is 326 g/mol. The quantitative estimate of drug-likeness (QED) is 0.665. The minimum Gasteiger partial charge on any atom is -0.320 e. The lowest BCUT2D eigenvalue weighted by Gasteiger charge is -2.12. The topological polar surface area (TPSA) is 34.9 Å². The average Bonchev–Trinajstić information content (AvgIpc) is 3.04.